The van der Waals surface area contributed by atoms with Gasteiger partial charge in [-0.3, -0.25) is 9.69 Å². The zero-order valence-electron chi connectivity index (χ0n) is 11.9. The van der Waals surface area contributed by atoms with Gasteiger partial charge in [0.2, 0.25) is 0 Å². The van der Waals surface area contributed by atoms with Crippen molar-refractivity contribution in [2.24, 2.45) is 0 Å². The van der Waals surface area contributed by atoms with Crippen LogP contribution < -0.4 is 4.90 Å². The number of fused-ring (bicyclic) bond motifs is 1. The fourth-order valence-electron chi connectivity index (χ4n) is 3.44. The minimum Gasteiger partial charge on any atom is -0.368 e. The average Bonchev–Trinajstić information content (AvgIpc) is 2.46. The molecule has 0 aromatic heterocycles. The summed E-state index contributed by atoms with van der Waals surface area (Å²) in [5, 5.41) is 0. The Balaban J connectivity index is 1.84. The Morgan fingerprint density at radius 2 is 2.10 bits per heavy atom. The maximum absolute atomic E-state index is 11.9. The number of Topliss-reactive ketones (excluding diaryl/α,β-unsaturated/α-hetero) is 1. The number of carbonyl (C=O) groups is 1. The molecule has 1 atom stereocenters. The Kier molecular flexibility index (Phi) is 4.13. The number of benzene rings is 1. The van der Waals surface area contributed by atoms with Gasteiger partial charge < -0.3 is 4.90 Å². The predicted octanol–water partition coefficient (Wildman–Crippen LogP) is 3.33. The first-order valence-electron chi connectivity index (χ1n) is 7.44. The van der Waals surface area contributed by atoms with E-state index < -0.39 is 0 Å². The van der Waals surface area contributed by atoms with Crippen LogP contribution in [0, 0.1) is 0 Å². The molecule has 2 aliphatic rings. The lowest BCUT2D eigenvalue weighted by Crippen LogP contribution is -2.55. The molecule has 0 aliphatic carbocycles. The first-order chi connectivity index (χ1) is 9.65. The van der Waals surface area contributed by atoms with Gasteiger partial charge in [0, 0.05) is 41.4 Å². The van der Waals surface area contributed by atoms with Gasteiger partial charge in [0.25, 0.3) is 0 Å². The van der Waals surface area contributed by atoms with Crippen molar-refractivity contribution in [1.29, 1.82) is 0 Å². The van der Waals surface area contributed by atoms with Crippen molar-refractivity contribution in [3.05, 3.63) is 28.2 Å². The molecule has 0 amide bonds. The highest BCUT2D eigenvalue weighted by Crippen LogP contribution is 2.29. The zero-order chi connectivity index (χ0) is 14.1. The fraction of sp³-hybridized carbons (Fsp3) is 0.562. The van der Waals surface area contributed by atoms with Crippen molar-refractivity contribution >= 4 is 27.4 Å². The Hall–Kier alpha value is -0.870. The molecule has 2 aliphatic heterocycles. The third kappa shape index (κ3) is 2.77. The Morgan fingerprint density at radius 1 is 1.25 bits per heavy atom. The molecular formula is C16H21BrN2O. The molecule has 0 radical (unpaired) electrons. The fourth-order valence-corrected chi connectivity index (χ4v) is 3.80. The number of rotatable bonds is 2. The smallest absolute Gasteiger partial charge is 0.161 e. The van der Waals surface area contributed by atoms with Gasteiger partial charge in [0.05, 0.1) is 0 Å². The largest absolute Gasteiger partial charge is 0.368 e. The van der Waals surface area contributed by atoms with E-state index in [9.17, 15) is 4.79 Å². The lowest BCUT2D eigenvalue weighted by molar-refractivity contribution is 0.101. The number of anilines is 1. The molecule has 0 spiro atoms. The van der Waals surface area contributed by atoms with Gasteiger partial charge in [-0.15, -0.1) is 0 Å². The van der Waals surface area contributed by atoms with Crippen molar-refractivity contribution in [2.45, 2.75) is 32.2 Å². The SMILES string of the molecule is CC(=O)c1cc(Br)ccc1N1CCN2CCCCC2C1. The van der Waals surface area contributed by atoms with E-state index in [-0.39, 0.29) is 5.78 Å². The number of ketones is 1. The van der Waals surface area contributed by atoms with Gasteiger partial charge in [0.15, 0.2) is 5.78 Å². The minimum absolute atomic E-state index is 0.146. The van der Waals surface area contributed by atoms with E-state index in [1.54, 1.807) is 6.92 Å². The van der Waals surface area contributed by atoms with Crippen LogP contribution in [-0.4, -0.2) is 42.9 Å². The van der Waals surface area contributed by atoms with E-state index in [0.29, 0.717) is 6.04 Å². The third-order valence-electron chi connectivity index (χ3n) is 4.52. The van der Waals surface area contributed by atoms with Crippen LogP contribution in [0.4, 0.5) is 5.69 Å². The summed E-state index contributed by atoms with van der Waals surface area (Å²) in [7, 11) is 0. The molecule has 4 heteroatoms. The average molecular weight is 337 g/mol. The van der Waals surface area contributed by atoms with Crippen molar-refractivity contribution in [3.63, 3.8) is 0 Å². The van der Waals surface area contributed by atoms with E-state index in [1.165, 1.54) is 25.8 Å². The predicted molar refractivity (Wildman–Crippen MR) is 85.6 cm³/mol. The quantitative estimate of drug-likeness (QED) is 0.774. The third-order valence-corrected chi connectivity index (χ3v) is 5.01. The molecule has 108 valence electrons. The van der Waals surface area contributed by atoms with Crippen LogP contribution in [0.5, 0.6) is 0 Å². The summed E-state index contributed by atoms with van der Waals surface area (Å²) in [5.74, 6) is 0.146. The first-order valence-corrected chi connectivity index (χ1v) is 8.24. The summed E-state index contributed by atoms with van der Waals surface area (Å²) in [6, 6.07) is 6.74. The molecule has 0 saturated carbocycles. The second-order valence-corrected chi connectivity index (χ2v) is 6.76. The molecule has 2 fully saturated rings. The number of hydrogen-bond donors (Lipinski definition) is 0. The Bertz CT molecular complexity index is 517. The second-order valence-electron chi connectivity index (χ2n) is 5.85. The first kappa shape index (κ1) is 14.1. The van der Waals surface area contributed by atoms with Gasteiger partial charge in [-0.2, -0.15) is 0 Å². The number of halogens is 1. The number of hydrogen-bond acceptors (Lipinski definition) is 3. The van der Waals surface area contributed by atoms with Gasteiger partial charge in [-0.25, -0.2) is 0 Å². The number of piperazine rings is 1. The standard InChI is InChI=1S/C16H21BrN2O/c1-12(20)15-10-13(17)5-6-16(15)19-9-8-18-7-3-2-4-14(18)11-19/h5-6,10,14H,2-4,7-9,11H2,1H3. The molecule has 0 bridgehead atoms. The van der Waals surface area contributed by atoms with Crippen LogP contribution in [0.2, 0.25) is 0 Å². The number of nitrogens with zero attached hydrogens (tertiary/aromatic N) is 2. The Morgan fingerprint density at radius 3 is 2.90 bits per heavy atom. The van der Waals surface area contributed by atoms with Crippen molar-refractivity contribution in [3.8, 4) is 0 Å². The lowest BCUT2D eigenvalue weighted by Gasteiger charge is -2.45. The van der Waals surface area contributed by atoms with Crippen LogP contribution in [-0.2, 0) is 0 Å². The molecule has 2 heterocycles. The number of carbonyl (C=O) groups excluding carboxylic acids is 1. The van der Waals surface area contributed by atoms with E-state index in [2.05, 4.69) is 31.8 Å². The van der Waals surface area contributed by atoms with Crippen LogP contribution in [0.1, 0.15) is 36.5 Å². The Labute approximate surface area is 129 Å². The normalized spacial score (nSPS) is 23.5. The van der Waals surface area contributed by atoms with E-state index in [4.69, 9.17) is 0 Å². The second kappa shape index (κ2) is 5.86. The summed E-state index contributed by atoms with van der Waals surface area (Å²) in [4.78, 5) is 16.9. The minimum atomic E-state index is 0.146. The highest BCUT2D eigenvalue weighted by molar-refractivity contribution is 9.10. The molecule has 1 unspecified atom stereocenters. The van der Waals surface area contributed by atoms with Crippen LogP contribution in [0.15, 0.2) is 22.7 Å². The van der Waals surface area contributed by atoms with Gasteiger partial charge in [-0.1, -0.05) is 22.4 Å². The van der Waals surface area contributed by atoms with Gasteiger partial charge >= 0.3 is 0 Å². The molecular weight excluding hydrogens is 316 g/mol. The van der Waals surface area contributed by atoms with E-state index >= 15 is 0 Å². The highest BCUT2D eigenvalue weighted by Gasteiger charge is 2.30. The maximum Gasteiger partial charge on any atom is 0.161 e. The van der Waals surface area contributed by atoms with Crippen LogP contribution in [0.25, 0.3) is 0 Å². The van der Waals surface area contributed by atoms with Crippen molar-refractivity contribution in [1.82, 2.24) is 4.90 Å². The summed E-state index contributed by atoms with van der Waals surface area (Å²) in [5.41, 5.74) is 1.94. The van der Waals surface area contributed by atoms with Crippen LogP contribution >= 0.6 is 15.9 Å². The van der Waals surface area contributed by atoms with Gasteiger partial charge in [-0.05, 0) is 44.5 Å². The molecule has 1 aromatic rings. The summed E-state index contributed by atoms with van der Waals surface area (Å²) in [6.45, 7) is 6.11. The summed E-state index contributed by atoms with van der Waals surface area (Å²) < 4.78 is 0.975. The topological polar surface area (TPSA) is 23.6 Å². The van der Waals surface area contributed by atoms with Crippen molar-refractivity contribution in [2.75, 3.05) is 31.1 Å². The monoisotopic (exact) mass is 336 g/mol. The lowest BCUT2D eigenvalue weighted by atomic mass is 9.98. The van der Waals surface area contributed by atoms with E-state index in [0.717, 1.165) is 35.4 Å². The molecule has 2 saturated heterocycles. The summed E-state index contributed by atoms with van der Waals surface area (Å²) >= 11 is 3.47. The summed E-state index contributed by atoms with van der Waals surface area (Å²) in [6.07, 6.45) is 3.98. The van der Waals surface area contributed by atoms with E-state index in [1.807, 2.05) is 12.1 Å². The number of piperidine rings is 1. The molecule has 20 heavy (non-hydrogen) atoms. The molecule has 3 rings (SSSR count). The van der Waals surface area contributed by atoms with Crippen LogP contribution in [0.3, 0.4) is 0 Å². The molecule has 3 nitrogen and oxygen atoms in total. The van der Waals surface area contributed by atoms with Gasteiger partial charge in [0.1, 0.15) is 0 Å². The zero-order valence-corrected chi connectivity index (χ0v) is 13.5. The van der Waals surface area contributed by atoms with Crippen molar-refractivity contribution < 1.29 is 4.79 Å². The molecule has 1 aromatic carbocycles. The highest BCUT2D eigenvalue weighted by atomic mass is 79.9. The maximum atomic E-state index is 11.9. The molecule has 0 N–H and O–H groups in total.